The van der Waals surface area contributed by atoms with Gasteiger partial charge in [0.05, 0.1) is 6.61 Å². The summed E-state index contributed by atoms with van der Waals surface area (Å²) in [5.41, 5.74) is -1.99. The molecule has 0 fully saturated rings. The van der Waals surface area contributed by atoms with Gasteiger partial charge in [-0.05, 0) is 18.1 Å². The number of hydrogen-bond donors (Lipinski definition) is 1. The van der Waals surface area contributed by atoms with Crippen molar-refractivity contribution in [3.63, 3.8) is 0 Å². The number of rotatable bonds is 4. The lowest BCUT2D eigenvalue weighted by Crippen LogP contribution is -2.38. The highest BCUT2D eigenvalue weighted by molar-refractivity contribution is 5.27. The van der Waals surface area contributed by atoms with Crippen molar-refractivity contribution in [3.8, 4) is 0 Å². The molecule has 1 rings (SSSR count). The van der Waals surface area contributed by atoms with Crippen molar-refractivity contribution >= 4 is 0 Å². The Morgan fingerprint density at radius 3 is 2.29 bits per heavy atom. The molecule has 1 N–H and O–H groups in total. The molecule has 1 unspecified atom stereocenters. The summed E-state index contributed by atoms with van der Waals surface area (Å²) in [6.07, 6.45) is 0. The average molecular weight is 248 g/mol. The van der Waals surface area contributed by atoms with Gasteiger partial charge in [-0.25, -0.2) is 13.2 Å². The van der Waals surface area contributed by atoms with E-state index in [1.54, 1.807) is 13.8 Å². The normalized spacial score (nSPS) is 15.1. The number of aliphatic hydroxyl groups is 1. The monoisotopic (exact) mass is 248 g/mol. The van der Waals surface area contributed by atoms with Gasteiger partial charge in [-0.3, -0.25) is 0 Å². The van der Waals surface area contributed by atoms with Crippen LogP contribution in [0.4, 0.5) is 13.2 Å². The molecule has 5 heteroatoms. The van der Waals surface area contributed by atoms with Crippen LogP contribution in [0.5, 0.6) is 0 Å². The molecule has 96 valence electrons. The van der Waals surface area contributed by atoms with E-state index in [1.807, 2.05) is 0 Å². The maximum atomic E-state index is 13.6. The second-order valence-corrected chi connectivity index (χ2v) is 4.23. The summed E-state index contributed by atoms with van der Waals surface area (Å²) in [6, 6.07) is 1.82. The van der Waals surface area contributed by atoms with Gasteiger partial charge in [0, 0.05) is 12.7 Å². The van der Waals surface area contributed by atoms with Crippen LogP contribution >= 0.6 is 0 Å². The Morgan fingerprint density at radius 1 is 1.24 bits per heavy atom. The van der Waals surface area contributed by atoms with E-state index in [4.69, 9.17) is 4.74 Å². The fourth-order valence-corrected chi connectivity index (χ4v) is 1.64. The predicted molar refractivity (Wildman–Crippen MR) is 56.9 cm³/mol. The first-order valence-electron chi connectivity index (χ1n) is 5.20. The number of benzene rings is 1. The fraction of sp³-hybridized carbons (Fsp3) is 0.500. The third kappa shape index (κ3) is 2.45. The molecule has 2 nitrogen and oxygen atoms in total. The Kier molecular flexibility index (Phi) is 4.16. The average Bonchev–Trinajstić information content (AvgIpc) is 2.26. The van der Waals surface area contributed by atoms with Gasteiger partial charge < -0.3 is 9.84 Å². The van der Waals surface area contributed by atoms with Gasteiger partial charge in [-0.1, -0.05) is 13.8 Å². The summed E-state index contributed by atoms with van der Waals surface area (Å²) in [6.45, 7) is 3.08. The molecule has 0 amide bonds. The number of methoxy groups -OCH3 is 1. The molecule has 0 saturated carbocycles. The van der Waals surface area contributed by atoms with Crippen molar-refractivity contribution in [2.45, 2.75) is 19.4 Å². The van der Waals surface area contributed by atoms with Gasteiger partial charge in [0.25, 0.3) is 0 Å². The summed E-state index contributed by atoms with van der Waals surface area (Å²) in [7, 11) is 1.34. The van der Waals surface area contributed by atoms with Crippen molar-refractivity contribution in [1.82, 2.24) is 0 Å². The zero-order valence-electron chi connectivity index (χ0n) is 9.93. The Labute approximate surface area is 98.0 Å². The van der Waals surface area contributed by atoms with Crippen LogP contribution in [-0.2, 0) is 10.3 Å². The lowest BCUT2D eigenvalue weighted by Gasteiger charge is -2.32. The van der Waals surface area contributed by atoms with Crippen LogP contribution in [0.25, 0.3) is 0 Å². The van der Waals surface area contributed by atoms with Crippen molar-refractivity contribution in [2.24, 2.45) is 5.92 Å². The summed E-state index contributed by atoms with van der Waals surface area (Å²) >= 11 is 0. The van der Waals surface area contributed by atoms with Crippen molar-refractivity contribution in [1.29, 1.82) is 0 Å². The van der Waals surface area contributed by atoms with E-state index in [1.165, 1.54) is 7.11 Å². The van der Waals surface area contributed by atoms with E-state index in [0.717, 1.165) is 12.1 Å². The Morgan fingerprint density at radius 2 is 1.82 bits per heavy atom. The van der Waals surface area contributed by atoms with Crippen LogP contribution in [0, 0.1) is 23.4 Å². The molecule has 1 atom stereocenters. The minimum Gasteiger partial charge on any atom is -0.382 e. The zero-order chi connectivity index (χ0) is 13.2. The SMILES string of the molecule is COCC(O)(c1ccc(F)c(F)c1F)C(C)C. The first-order chi connectivity index (χ1) is 7.84. The van der Waals surface area contributed by atoms with Gasteiger partial charge in [0.2, 0.25) is 0 Å². The first-order valence-corrected chi connectivity index (χ1v) is 5.20. The Hall–Kier alpha value is -1.07. The Bertz CT molecular complexity index is 407. The lowest BCUT2D eigenvalue weighted by molar-refractivity contribution is -0.0727. The molecule has 0 aliphatic heterocycles. The smallest absolute Gasteiger partial charge is 0.194 e. The lowest BCUT2D eigenvalue weighted by atomic mass is 9.83. The molecule has 0 spiro atoms. The summed E-state index contributed by atoms with van der Waals surface area (Å²) in [5, 5.41) is 10.3. The van der Waals surface area contributed by atoms with Crippen LogP contribution in [0.1, 0.15) is 19.4 Å². The molecule has 0 aliphatic carbocycles. The number of ether oxygens (including phenoxy) is 1. The van der Waals surface area contributed by atoms with Gasteiger partial charge in [0.1, 0.15) is 5.60 Å². The minimum absolute atomic E-state index is 0.202. The highest BCUT2D eigenvalue weighted by Crippen LogP contribution is 2.33. The van der Waals surface area contributed by atoms with E-state index in [-0.39, 0.29) is 12.2 Å². The zero-order valence-corrected chi connectivity index (χ0v) is 9.93. The van der Waals surface area contributed by atoms with E-state index in [9.17, 15) is 18.3 Å². The van der Waals surface area contributed by atoms with Gasteiger partial charge in [0.15, 0.2) is 17.5 Å². The Balaban J connectivity index is 3.34. The van der Waals surface area contributed by atoms with Crippen molar-refractivity contribution in [3.05, 3.63) is 35.1 Å². The van der Waals surface area contributed by atoms with Crippen LogP contribution in [0.2, 0.25) is 0 Å². The molecule has 17 heavy (non-hydrogen) atoms. The highest BCUT2D eigenvalue weighted by atomic mass is 19.2. The van der Waals surface area contributed by atoms with Crippen molar-refractivity contribution < 1.29 is 23.0 Å². The second kappa shape index (κ2) is 5.06. The van der Waals surface area contributed by atoms with Gasteiger partial charge >= 0.3 is 0 Å². The fourth-order valence-electron chi connectivity index (χ4n) is 1.64. The standard InChI is InChI=1S/C12H15F3O2/c1-7(2)12(16,6-17-3)8-4-5-9(13)11(15)10(8)14/h4-5,7,16H,6H2,1-3H3. The van der Waals surface area contributed by atoms with Crippen molar-refractivity contribution in [2.75, 3.05) is 13.7 Å². The summed E-state index contributed by atoms with van der Waals surface area (Å²) < 4.78 is 44.4. The maximum Gasteiger partial charge on any atom is 0.194 e. The van der Waals surface area contributed by atoms with E-state index in [2.05, 4.69) is 0 Å². The second-order valence-electron chi connectivity index (χ2n) is 4.23. The molecule has 0 saturated heterocycles. The summed E-state index contributed by atoms with van der Waals surface area (Å²) in [5.74, 6) is -4.66. The molecule has 1 aromatic carbocycles. The van der Waals surface area contributed by atoms with Gasteiger partial charge in [-0.15, -0.1) is 0 Å². The van der Waals surface area contributed by atoms with E-state index < -0.39 is 29.0 Å². The van der Waals surface area contributed by atoms with Crippen LogP contribution in [-0.4, -0.2) is 18.8 Å². The van der Waals surface area contributed by atoms with E-state index >= 15 is 0 Å². The molecule has 1 aromatic rings. The molecule has 0 bridgehead atoms. The molecule has 0 heterocycles. The highest BCUT2D eigenvalue weighted by Gasteiger charge is 2.37. The third-order valence-corrected chi connectivity index (χ3v) is 2.82. The minimum atomic E-state index is -1.69. The van der Waals surface area contributed by atoms with Crippen LogP contribution in [0.3, 0.4) is 0 Å². The molecular formula is C12H15F3O2. The molecular weight excluding hydrogens is 233 g/mol. The maximum absolute atomic E-state index is 13.6. The quantitative estimate of drug-likeness (QED) is 0.830. The predicted octanol–water partition coefficient (Wildman–Crippen LogP) is 2.59. The van der Waals surface area contributed by atoms with Crippen LogP contribution in [0.15, 0.2) is 12.1 Å². The molecule has 0 aliphatic rings. The number of halogens is 3. The molecule has 0 radical (unpaired) electrons. The van der Waals surface area contributed by atoms with Gasteiger partial charge in [-0.2, -0.15) is 0 Å². The van der Waals surface area contributed by atoms with E-state index in [0.29, 0.717) is 0 Å². The largest absolute Gasteiger partial charge is 0.382 e. The molecule has 0 aromatic heterocycles. The summed E-state index contributed by atoms with van der Waals surface area (Å²) in [4.78, 5) is 0. The number of hydrogen-bond acceptors (Lipinski definition) is 2. The first kappa shape index (κ1) is 14.0. The third-order valence-electron chi connectivity index (χ3n) is 2.82. The van der Waals surface area contributed by atoms with Crippen LogP contribution < -0.4 is 0 Å². The topological polar surface area (TPSA) is 29.5 Å².